The highest BCUT2D eigenvalue weighted by Crippen LogP contribution is 2.14. The maximum atomic E-state index is 11.7. The Morgan fingerprint density at radius 2 is 1.83 bits per heavy atom. The molecule has 1 aromatic heterocycles. The van der Waals surface area contributed by atoms with Crippen molar-refractivity contribution in [3.8, 4) is 5.69 Å². The number of aromatic nitrogens is 2. The van der Waals surface area contributed by atoms with Crippen molar-refractivity contribution in [2.24, 2.45) is 0 Å². The number of nitrogens with zero attached hydrogens (tertiary/aromatic N) is 2. The van der Waals surface area contributed by atoms with Gasteiger partial charge in [-0.05, 0) is 24.3 Å². The van der Waals surface area contributed by atoms with E-state index in [2.05, 4.69) is 5.10 Å². The maximum Gasteiger partial charge on any atom is 0.357 e. The van der Waals surface area contributed by atoms with Crippen molar-refractivity contribution in [1.82, 2.24) is 9.78 Å². The summed E-state index contributed by atoms with van der Waals surface area (Å²) in [6.07, 6.45) is 0. The summed E-state index contributed by atoms with van der Waals surface area (Å²) in [7, 11) is 0. The van der Waals surface area contributed by atoms with Crippen molar-refractivity contribution >= 4 is 29.2 Å². The molecule has 2 aromatic rings. The summed E-state index contributed by atoms with van der Waals surface area (Å²) in [6.45, 7) is 0. The van der Waals surface area contributed by atoms with Crippen LogP contribution in [0.5, 0.6) is 0 Å². The zero-order valence-electron chi connectivity index (χ0n) is 8.80. The number of hydrogen-bond acceptors (Lipinski definition) is 3. The molecule has 18 heavy (non-hydrogen) atoms. The van der Waals surface area contributed by atoms with Crippen molar-refractivity contribution in [2.75, 3.05) is 0 Å². The van der Waals surface area contributed by atoms with Crippen molar-refractivity contribution < 1.29 is 9.90 Å². The minimum Gasteiger partial charge on any atom is -0.476 e. The van der Waals surface area contributed by atoms with E-state index in [1.54, 1.807) is 24.3 Å². The zero-order chi connectivity index (χ0) is 13.3. The van der Waals surface area contributed by atoms with E-state index in [4.69, 9.17) is 28.3 Å². The van der Waals surface area contributed by atoms with Crippen LogP contribution in [-0.4, -0.2) is 20.9 Å². The maximum absolute atomic E-state index is 11.7. The molecule has 0 unspecified atom stereocenters. The van der Waals surface area contributed by atoms with Crippen LogP contribution >= 0.6 is 23.2 Å². The second-order valence-electron chi connectivity index (χ2n) is 3.37. The SMILES string of the molecule is O=C(O)c1nn(-c2ccc(Cl)cc2)c(=O)cc1Cl. The third-order valence-corrected chi connectivity index (χ3v) is 2.70. The van der Waals surface area contributed by atoms with Gasteiger partial charge in [0.05, 0.1) is 10.7 Å². The lowest BCUT2D eigenvalue weighted by atomic mass is 10.3. The monoisotopic (exact) mass is 284 g/mol. The van der Waals surface area contributed by atoms with Crippen LogP contribution in [-0.2, 0) is 0 Å². The first-order valence-electron chi connectivity index (χ1n) is 4.78. The van der Waals surface area contributed by atoms with E-state index in [-0.39, 0.29) is 10.7 Å². The van der Waals surface area contributed by atoms with Gasteiger partial charge in [0.2, 0.25) is 0 Å². The largest absolute Gasteiger partial charge is 0.476 e. The number of carboxylic acids is 1. The molecular weight excluding hydrogens is 279 g/mol. The van der Waals surface area contributed by atoms with Crippen molar-refractivity contribution in [3.05, 3.63) is 56.4 Å². The predicted molar refractivity (Wildman–Crippen MR) is 66.8 cm³/mol. The molecule has 92 valence electrons. The minimum absolute atomic E-state index is 0.197. The molecule has 0 saturated carbocycles. The fraction of sp³-hybridized carbons (Fsp3) is 0. The van der Waals surface area contributed by atoms with Crippen LogP contribution in [0.1, 0.15) is 10.5 Å². The number of rotatable bonds is 2. The van der Waals surface area contributed by atoms with E-state index in [1.807, 2.05) is 0 Å². The van der Waals surface area contributed by atoms with Gasteiger partial charge in [-0.25, -0.2) is 4.79 Å². The van der Waals surface area contributed by atoms with Gasteiger partial charge in [0, 0.05) is 11.1 Å². The quantitative estimate of drug-likeness (QED) is 0.918. The van der Waals surface area contributed by atoms with E-state index in [9.17, 15) is 9.59 Å². The Labute approximate surface area is 111 Å². The summed E-state index contributed by atoms with van der Waals surface area (Å²) in [5, 5.41) is 12.9. The zero-order valence-corrected chi connectivity index (χ0v) is 10.3. The van der Waals surface area contributed by atoms with E-state index < -0.39 is 11.5 Å². The molecule has 1 N–H and O–H groups in total. The minimum atomic E-state index is -1.30. The molecule has 0 spiro atoms. The second kappa shape index (κ2) is 4.80. The molecule has 1 aromatic carbocycles. The Morgan fingerprint density at radius 3 is 2.39 bits per heavy atom. The summed E-state index contributed by atoms with van der Waals surface area (Å²) >= 11 is 11.4. The van der Waals surface area contributed by atoms with Gasteiger partial charge in [-0.15, -0.1) is 0 Å². The summed E-state index contributed by atoms with van der Waals surface area (Å²) < 4.78 is 0.950. The van der Waals surface area contributed by atoms with Gasteiger partial charge in [0.15, 0.2) is 5.69 Å². The summed E-state index contributed by atoms with van der Waals surface area (Å²) in [4.78, 5) is 22.6. The number of benzene rings is 1. The van der Waals surface area contributed by atoms with Crippen molar-refractivity contribution in [3.63, 3.8) is 0 Å². The molecule has 0 aliphatic carbocycles. The molecule has 0 amide bonds. The highest BCUT2D eigenvalue weighted by atomic mass is 35.5. The van der Waals surface area contributed by atoms with Gasteiger partial charge in [0.25, 0.3) is 5.56 Å². The van der Waals surface area contributed by atoms with E-state index in [0.29, 0.717) is 10.7 Å². The molecule has 0 saturated heterocycles. The summed E-state index contributed by atoms with van der Waals surface area (Å²) in [5.74, 6) is -1.30. The van der Waals surface area contributed by atoms with Crippen LogP contribution in [0.15, 0.2) is 35.1 Å². The van der Waals surface area contributed by atoms with Crippen molar-refractivity contribution in [2.45, 2.75) is 0 Å². The first kappa shape index (κ1) is 12.6. The Bertz CT molecular complexity index is 665. The van der Waals surface area contributed by atoms with Crippen LogP contribution < -0.4 is 5.56 Å². The Kier molecular flexibility index (Phi) is 3.36. The van der Waals surface area contributed by atoms with Crippen LogP contribution in [0.25, 0.3) is 5.69 Å². The molecule has 2 rings (SSSR count). The van der Waals surface area contributed by atoms with Crippen LogP contribution in [0, 0.1) is 0 Å². The third-order valence-electron chi connectivity index (χ3n) is 2.16. The lowest BCUT2D eigenvalue weighted by molar-refractivity contribution is 0.0688. The lowest BCUT2D eigenvalue weighted by Crippen LogP contribution is -2.23. The molecule has 0 fully saturated rings. The van der Waals surface area contributed by atoms with Crippen LogP contribution in [0.4, 0.5) is 0 Å². The molecular formula is C11H6Cl2N2O3. The first-order valence-corrected chi connectivity index (χ1v) is 5.54. The van der Waals surface area contributed by atoms with Gasteiger partial charge in [-0.3, -0.25) is 4.79 Å². The summed E-state index contributed by atoms with van der Waals surface area (Å²) in [6, 6.07) is 7.25. The number of halogens is 2. The van der Waals surface area contributed by atoms with Gasteiger partial charge < -0.3 is 5.11 Å². The van der Waals surface area contributed by atoms with E-state index in [0.717, 1.165) is 10.7 Å². The average molecular weight is 285 g/mol. The topological polar surface area (TPSA) is 72.2 Å². The second-order valence-corrected chi connectivity index (χ2v) is 4.22. The van der Waals surface area contributed by atoms with Crippen LogP contribution in [0.2, 0.25) is 10.0 Å². The van der Waals surface area contributed by atoms with Gasteiger partial charge >= 0.3 is 5.97 Å². The molecule has 0 radical (unpaired) electrons. The van der Waals surface area contributed by atoms with Gasteiger partial charge in [-0.2, -0.15) is 9.78 Å². The lowest BCUT2D eigenvalue weighted by Gasteiger charge is -2.06. The number of aromatic carboxylic acids is 1. The fourth-order valence-electron chi connectivity index (χ4n) is 1.35. The van der Waals surface area contributed by atoms with Crippen molar-refractivity contribution in [1.29, 1.82) is 0 Å². The highest BCUT2D eigenvalue weighted by molar-refractivity contribution is 6.33. The molecule has 5 nitrogen and oxygen atoms in total. The molecule has 7 heteroatoms. The molecule has 0 aliphatic rings. The standard InChI is InChI=1S/C11H6Cl2N2O3/c12-6-1-3-7(4-2-6)15-9(16)5-8(13)10(14-15)11(17)18/h1-5H,(H,17,18). The smallest absolute Gasteiger partial charge is 0.357 e. The Hall–Kier alpha value is -1.85. The highest BCUT2D eigenvalue weighted by Gasteiger charge is 2.14. The number of carboxylic acid groups (broad SMARTS) is 1. The van der Waals surface area contributed by atoms with E-state index in [1.165, 1.54) is 0 Å². The fourth-order valence-corrected chi connectivity index (χ4v) is 1.69. The Balaban J connectivity index is 2.64. The predicted octanol–water partition coefficient (Wildman–Crippen LogP) is 2.24. The Morgan fingerprint density at radius 1 is 1.22 bits per heavy atom. The number of hydrogen-bond donors (Lipinski definition) is 1. The van der Waals surface area contributed by atoms with Gasteiger partial charge in [-0.1, -0.05) is 23.2 Å². The molecule has 0 atom stereocenters. The molecule has 0 aliphatic heterocycles. The summed E-state index contributed by atoms with van der Waals surface area (Å²) in [5.41, 5.74) is -0.498. The van der Waals surface area contributed by atoms with Crippen LogP contribution in [0.3, 0.4) is 0 Å². The van der Waals surface area contributed by atoms with Gasteiger partial charge in [0.1, 0.15) is 0 Å². The molecule has 0 bridgehead atoms. The van der Waals surface area contributed by atoms with E-state index >= 15 is 0 Å². The molecule has 1 heterocycles. The first-order chi connectivity index (χ1) is 8.49. The normalized spacial score (nSPS) is 10.3. The number of carbonyl (C=O) groups is 1. The average Bonchev–Trinajstić information content (AvgIpc) is 2.30. The third kappa shape index (κ3) is 2.37.